The van der Waals surface area contributed by atoms with Crippen molar-refractivity contribution in [1.29, 1.82) is 0 Å². The Morgan fingerprint density at radius 2 is 1.77 bits per heavy atom. The number of amides is 2. The zero-order valence-electron chi connectivity index (χ0n) is 25.0. The van der Waals surface area contributed by atoms with Crippen molar-refractivity contribution in [2.75, 3.05) is 19.8 Å². The molecule has 8 nitrogen and oxygen atoms in total. The predicted molar refractivity (Wildman–Crippen MR) is 163 cm³/mol. The molecule has 4 aliphatic rings. The van der Waals surface area contributed by atoms with Crippen molar-refractivity contribution >= 4 is 21.8 Å². The Balaban J connectivity index is 1.23. The van der Waals surface area contributed by atoms with Gasteiger partial charge in [-0.05, 0) is 92.7 Å². The molecule has 1 saturated heterocycles. The van der Waals surface area contributed by atoms with Crippen molar-refractivity contribution in [3.8, 4) is 16.9 Å². The van der Waals surface area contributed by atoms with E-state index in [1.807, 2.05) is 0 Å². The molecule has 3 aliphatic carbocycles. The van der Waals surface area contributed by atoms with Crippen LogP contribution in [0.5, 0.6) is 5.75 Å². The van der Waals surface area contributed by atoms with E-state index in [9.17, 15) is 18.0 Å². The van der Waals surface area contributed by atoms with Crippen LogP contribution in [0.25, 0.3) is 11.1 Å². The maximum Gasteiger partial charge on any atom is 0.265 e. The number of likely N-dealkylation sites (tertiary alicyclic amines) is 1. The molecule has 1 heterocycles. The smallest absolute Gasteiger partial charge is 0.265 e. The molecular formula is C33H42FN3O5S. The van der Waals surface area contributed by atoms with E-state index < -0.39 is 15.9 Å². The summed E-state index contributed by atoms with van der Waals surface area (Å²) in [6.45, 7) is 0.983. The van der Waals surface area contributed by atoms with Crippen LogP contribution in [0.4, 0.5) is 4.39 Å². The fourth-order valence-electron chi connectivity index (χ4n) is 7.89. The Hall–Kier alpha value is -2.98. The molecule has 2 N–H and O–H groups in total. The second-order valence-electron chi connectivity index (χ2n) is 13.3. The highest BCUT2D eigenvalue weighted by Crippen LogP contribution is 2.48. The van der Waals surface area contributed by atoms with Crippen molar-refractivity contribution in [2.45, 2.75) is 94.7 Å². The average molecular weight is 612 g/mol. The summed E-state index contributed by atoms with van der Waals surface area (Å²) in [6.07, 6.45) is 11.4. The molecule has 3 saturated carbocycles. The highest BCUT2D eigenvalue weighted by atomic mass is 32.2. The molecule has 0 aromatic heterocycles. The van der Waals surface area contributed by atoms with Crippen molar-refractivity contribution in [3.63, 3.8) is 0 Å². The van der Waals surface area contributed by atoms with Crippen molar-refractivity contribution in [2.24, 2.45) is 5.41 Å². The maximum absolute atomic E-state index is 15.3. The zero-order valence-corrected chi connectivity index (χ0v) is 25.8. The lowest BCUT2D eigenvalue weighted by Gasteiger charge is -2.29. The number of benzene rings is 2. The molecule has 4 fully saturated rings. The molecule has 10 heteroatoms. The number of rotatable bonds is 8. The van der Waals surface area contributed by atoms with Gasteiger partial charge in [0.2, 0.25) is 15.9 Å². The van der Waals surface area contributed by atoms with E-state index in [-0.39, 0.29) is 46.8 Å². The molecule has 0 bridgehead atoms. The molecule has 232 valence electrons. The van der Waals surface area contributed by atoms with Crippen LogP contribution in [0.15, 0.2) is 36.4 Å². The highest BCUT2D eigenvalue weighted by molar-refractivity contribution is 7.89. The van der Waals surface area contributed by atoms with Gasteiger partial charge in [-0.15, -0.1) is 0 Å². The summed E-state index contributed by atoms with van der Waals surface area (Å²) in [5.74, 6) is -0.612. The third kappa shape index (κ3) is 6.32. The first-order chi connectivity index (χ1) is 20.5. The molecule has 2 amide bonds. The number of hydrogen-bond donors (Lipinski definition) is 2. The minimum Gasteiger partial charge on any atom is -0.490 e. The molecule has 2 aromatic carbocycles. The first-order valence-corrected chi connectivity index (χ1v) is 17.5. The third-order valence-electron chi connectivity index (χ3n) is 10.1. The Morgan fingerprint density at radius 1 is 1.02 bits per heavy atom. The van der Waals surface area contributed by atoms with Gasteiger partial charge in [0, 0.05) is 24.6 Å². The molecule has 0 radical (unpaired) electrons. The summed E-state index contributed by atoms with van der Waals surface area (Å²) in [6, 6.07) is 9.65. The van der Waals surface area contributed by atoms with E-state index in [1.54, 1.807) is 30.3 Å². The normalized spacial score (nSPS) is 25.5. The summed E-state index contributed by atoms with van der Waals surface area (Å²) in [4.78, 5) is 28.8. The van der Waals surface area contributed by atoms with Crippen molar-refractivity contribution in [1.82, 2.24) is 14.9 Å². The molecule has 1 aliphatic heterocycles. The van der Waals surface area contributed by atoms with E-state index in [1.165, 1.54) is 31.7 Å². The SMILES string of the molecule is CN1CC2(CCCC2)C[C@H]1C(=O)N[C@@H]1CC[C@@H](Oc2cccc(C(=O)NS(C)(=O)=O)c2-c2cccc(F)c2C2CCC2)C1. The van der Waals surface area contributed by atoms with Gasteiger partial charge < -0.3 is 10.1 Å². The van der Waals surface area contributed by atoms with E-state index in [0.717, 1.165) is 44.9 Å². The van der Waals surface area contributed by atoms with Crippen LogP contribution < -0.4 is 14.8 Å². The number of likely N-dealkylation sites (N-methyl/N-ethyl adjacent to an activating group) is 1. The second kappa shape index (κ2) is 11.8. The largest absolute Gasteiger partial charge is 0.490 e. The fraction of sp³-hybridized carbons (Fsp3) is 0.576. The first kappa shape index (κ1) is 30.1. The number of halogens is 1. The number of nitrogens with one attached hydrogen (secondary N) is 2. The van der Waals surface area contributed by atoms with Crippen LogP contribution in [0.3, 0.4) is 0 Å². The number of carbonyl (C=O) groups is 2. The topological polar surface area (TPSA) is 105 Å². The number of ether oxygens (including phenoxy) is 1. The van der Waals surface area contributed by atoms with Gasteiger partial charge in [-0.3, -0.25) is 14.5 Å². The minimum atomic E-state index is -3.83. The van der Waals surface area contributed by atoms with E-state index in [4.69, 9.17) is 4.74 Å². The molecule has 6 rings (SSSR count). The summed E-state index contributed by atoms with van der Waals surface area (Å²) >= 11 is 0. The van der Waals surface area contributed by atoms with Gasteiger partial charge >= 0.3 is 0 Å². The zero-order chi connectivity index (χ0) is 30.4. The van der Waals surface area contributed by atoms with Gasteiger partial charge in [-0.25, -0.2) is 17.5 Å². The molecular weight excluding hydrogens is 569 g/mol. The lowest BCUT2D eigenvalue weighted by atomic mass is 9.76. The van der Waals surface area contributed by atoms with Gasteiger partial charge in [-0.1, -0.05) is 37.5 Å². The van der Waals surface area contributed by atoms with E-state index >= 15 is 4.39 Å². The lowest BCUT2D eigenvalue weighted by Crippen LogP contribution is -2.45. The minimum absolute atomic E-state index is 0.0223. The van der Waals surface area contributed by atoms with Crippen LogP contribution in [0.2, 0.25) is 0 Å². The number of carbonyl (C=O) groups excluding carboxylic acids is 2. The first-order valence-electron chi connectivity index (χ1n) is 15.6. The molecule has 0 unspecified atom stereocenters. The van der Waals surface area contributed by atoms with Crippen LogP contribution in [0, 0.1) is 11.2 Å². The Morgan fingerprint density at radius 3 is 2.47 bits per heavy atom. The van der Waals surface area contributed by atoms with Crippen LogP contribution in [0.1, 0.15) is 92.5 Å². The fourth-order valence-corrected chi connectivity index (χ4v) is 8.34. The summed E-state index contributed by atoms with van der Waals surface area (Å²) < 4.78 is 47.8. The monoisotopic (exact) mass is 611 g/mol. The lowest BCUT2D eigenvalue weighted by molar-refractivity contribution is -0.125. The predicted octanol–water partition coefficient (Wildman–Crippen LogP) is 5.13. The van der Waals surface area contributed by atoms with E-state index in [0.29, 0.717) is 35.3 Å². The van der Waals surface area contributed by atoms with Gasteiger partial charge in [0.25, 0.3) is 5.91 Å². The van der Waals surface area contributed by atoms with Gasteiger partial charge in [0.1, 0.15) is 17.7 Å². The van der Waals surface area contributed by atoms with Crippen LogP contribution >= 0.6 is 0 Å². The number of nitrogens with zero attached hydrogens (tertiary/aromatic N) is 1. The van der Waals surface area contributed by atoms with Crippen LogP contribution in [-0.2, 0) is 14.8 Å². The Bertz CT molecular complexity index is 1500. The van der Waals surface area contributed by atoms with Crippen molar-refractivity contribution in [3.05, 3.63) is 53.3 Å². The number of hydrogen-bond acceptors (Lipinski definition) is 6. The standard InChI is InChI=1S/C33H42FN3O5S/c1-37-20-33(16-3-4-17-33)19-27(37)32(39)35-22-14-15-23(18-22)42-28-13-7-11-25(31(38)36-43(2,40)41)30(28)24-10-6-12-26(34)29(24)21-8-5-9-21/h6-7,10-13,21-23,27H,3-5,8-9,14-20H2,1-2H3,(H,35,39)(H,36,38)/t22-,23-,27+/m1/s1. The maximum atomic E-state index is 15.3. The van der Waals surface area contributed by atoms with Gasteiger partial charge in [-0.2, -0.15) is 0 Å². The molecule has 3 atom stereocenters. The molecule has 1 spiro atoms. The third-order valence-corrected chi connectivity index (χ3v) is 10.7. The average Bonchev–Trinajstić information content (AvgIpc) is 3.64. The van der Waals surface area contributed by atoms with Crippen LogP contribution in [-0.4, -0.2) is 63.2 Å². The molecule has 43 heavy (non-hydrogen) atoms. The quantitative estimate of drug-likeness (QED) is 0.429. The van der Waals surface area contributed by atoms with Gasteiger partial charge in [0.15, 0.2) is 0 Å². The summed E-state index contributed by atoms with van der Waals surface area (Å²) in [7, 11) is -1.78. The molecule has 2 aromatic rings. The second-order valence-corrected chi connectivity index (χ2v) is 15.1. The van der Waals surface area contributed by atoms with Gasteiger partial charge in [0.05, 0.1) is 17.9 Å². The Labute approximate surface area is 253 Å². The number of sulfonamides is 1. The van der Waals surface area contributed by atoms with E-state index in [2.05, 4.69) is 22.0 Å². The summed E-state index contributed by atoms with van der Waals surface area (Å²) in [5, 5.41) is 3.28. The van der Waals surface area contributed by atoms with Crippen molar-refractivity contribution < 1.29 is 27.1 Å². The Kier molecular flexibility index (Phi) is 8.28. The summed E-state index contributed by atoms with van der Waals surface area (Å²) in [5.41, 5.74) is 1.88. The highest BCUT2D eigenvalue weighted by Gasteiger charge is 2.47.